The Balaban J connectivity index is 2.68. The van der Waals surface area contributed by atoms with E-state index in [4.69, 9.17) is 17.3 Å². The Hall–Kier alpha value is -1.81. The van der Waals surface area contributed by atoms with Crippen molar-refractivity contribution in [3.05, 3.63) is 52.6 Å². The fourth-order valence-electron chi connectivity index (χ4n) is 1.40. The summed E-state index contributed by atoms with van der Waals surface area (Å²) in [5.41, 5.74) is 6.36. The van der Waals surface area contributed by atoms with Gasteiger partial charge in [-0.05, 0) is 18.2 Å². The minimum atomic E-state index is -0.468. The number of nitrogens with zero attached hydrogens (tertiary/aromatic N) is 1. The third kappa shape index (κ3) is 1.79. The number of anilines is 1. The molecule has 0 aliphatic rings. The first-order valence-corrected chi connectivity index (χ1v) is 4.82. The minimum Gasteiger partial charge on any atom is -0.618 e. The normalized spacial score (nSPS) is 10.4. The molecule has 81 valence electrons. The molecule has 0 amide bonds. The third-order valence-corrected chi connectivity index (χ3v) is 2.42. The third-order valence-electron chi connectivity index (χ3n) is 2.11. The maximum absolute atomic E-state index is 12.9. The van der Waals surface area contributed by atoms with Gasteiger partial charge in [0.15, 0.2) is 6.20 Å². The SMILES string of the molecule is Nc1[c]cc[n+]([O-])c1-c1ccc(F)cc1Cl. The molecule has 5 heteroatoms. The van der Waals surface area contributed by atoms with Gasteiger partial charge in [0, 0.05) is 12.1 Å². The van der Waals surface area contributed by atoms with E-state index >= 15 is 0 Å². The van der Waals surface area contributed by atoms with Crippen LogP contribution in [0.4, 0.5) is 10.1 Å². The number of benzene rings is 1. The summed E-state index contributed by atoms with van der Waals surface area (Å²) >= 11 is 5.85. The van der Waals surface area contributed by atoms with E-state index in [0.717, 1.165) is 6.07 Å². The first-order chi connectivity index (χ1) is 7.59. The second kappa shape index (κ2) is 3.98. The molecule has 2 aromatic rings. The molecule has 0 aliphatic heterocycles. The molecule has 16 heavy (non-hydrogen) atoms. The number of halogens is 2. The van der Waals surface area contributed by atoms with Crippen molar-refractivity contribution >= 4 is 17.3 Å². The van der Waals surface area contributed by atoms with Gasteiger partial charge in [-0.15, -0.1) is 0 Å². The van der Waals surface area contributed by atoms with Gasteiger partial charge in [-0.25, -0.2) is 4.39 Å². The zero-order valence-electron chi connectivity index (χ0n) is 8.08. The molecule has 0 fully saturated rings. The Morgan fingerprint density at radius 2 is 2.19 bits per heavy atom. The van der Waals surface area contributed by atoms with Crippen LogP contribution in [0.25, 0.3) is 11.3 Å². The lowest BCUT2D eigenvalue weighted by atomic mass is 10.1. The van der Waals surface area contributed by atoms with Gasteiger partial charge < -0.3 is 10.9 Å². The van der Waals surface area contributed by atoms with Crippen LogP contribution in [0.15, 0.2) is 30.5 Å². The molecule has 2 N–H and O–H groups in total. The van der Waals surface area contributed by atoms with Crippen LogP contribution >= 0.6 is 11.6 Å². The van der Waals surface area contributed by atoms with E-state index in [1.807, 2.05) is 0 Å². The zero-order valence-corrected chi connectivity index (χ0v) is 8.83. The second-order valence-corrected chi connectivity index (χ2v) is 3.58. The van der Waals surface area contributed by atoms with E-state index in [2.05, 4.69) is 6.07 Å². The first kappa shape index (κ1) is 10.7. The molecule has 1 aromatic carbocycles. The Morgan fingerprint density at radius 3 is 2.81 bits per heavy atom. The van der Waals surface area contributed by atoms with Gasteiger partial charge >= 0.3 is 0 Å². The van der Waals surface area contributed by atoms with Gasteiger partial charge in [0.05, 0.1) is 10.6 Å². The van der Waals surface area contributed by atoms with Crippen molar-refractivity contribution in [2.24, 2.45) is 0 Å². The summed E-state index contributed by atoms with van der Waals surface area (Å²) in [6.07, 6.45) is 1.26. The lowest BCUT2D eigenvalue weighted by Gasteiger charge is -2.07. The quantitative estimate of drug-likeness (QED) is 0.610. The summed E-state index contributed by atoms with van der Waals surface area (Å²) < 4.78 is 13.4. The fraction of sp³-hybridized carbons (Fsp3) is 0. The minimum absolute atomic E-state index is 0.135. The smallest absolute Gasteiger partial charge is 0.249 e. The van der Waals surface area contributed by atoms with Crippen LogP contribution in [0.3, 0.4) is 0 Å². The molecule has 3 nitrogen and oxygen atoms in total. The van der Waals surface area contributed by atoms with Crippen molar-refractivity contribution < 1.29 is 9.12 Å². The van der Waals surface area contributed by atoms with Gasteiger partial charge in [0.2, 0.25) is 5.69 Å². The van der Waals surface area contributed by atoms with E-state index in [1.54, 1.807) is 0 Å². The molecule has 0 saturated carbocycles. The van der Waals surface area contributed by atoms with Crippen molar-refractivity contribution in [2.75, 3.05) is 5.73 Å². The molecule has 1 aromatic heterocycles. The Kier molecular flexibility index (Phi) is 2.66. The molecule has 0 saturated heterocycles. The van der Waals surface area contributed by atoms with Gasteiger partial charge in [-0.1, -0.05) is 11.6 Å². The predicted molar refractivity (Wildman–Crippen MR) is 59.1 cm³/mol. The summed E-state index contributed by atoms with van der Waals surface area (Å²) in [5.74, 6) is -0.468. The molecular weight excluding hydrogens is 231 g/mol. The topological polar surface area (TPSA) is 53.0 Å². The molecule has 1 heterocycles. The maximum Gasteiger partial charge on any atom is 0.249 e. The van der Waals surface area contributed by atoms with Crippen molar-refractivity contribution in [1.29, 1.82) is 0 Å². The highest BCUT2D eigenvalue weighted by atomic mass is 35.5. The van der Waals surface area contributed by atoms with Crippen LogP contribution in [0, 0.1) is 17.1 Å². The van der Waals surface area contributed by atoms with E-state index in [9.17, 15) is 9.60 Å². The lowest BCUT2D eigenvalue weighted by molar-refractivity contribution is -0.593. The van der Waals surface area contributed by atoms with Gasteiger partial charge in [-0.2, -0.15) is 4.73 Å². The molecule has 0 atom stereocenters. The molecular formula is C11H7ClFN2O. The molecule has 0 aliphatic carbocycles. The highest BCUT2D eigenvalue weighted by molar-refractivity contribution is 6.33. The maximum atomic E-state index is 12.9. The largest absolute Gasteiger partial charge is 0.618 e. The van der Waals surface area contributed by atoms with Gasteiger partial charge in [-0.3, -0.25) is 0 Å². The zero-order chi connectivity index (χ0) is 11.7. The van der Waals surface area contributed by atoms with Crippen LogP contribution in [0.5, 0.6) is 0 Å². The van der Waals surface area contributed by atoms with Crippen LogP contribution < -0.4 is 10.5 Å². The summed E-state index contributed by atoms with van der Waals surface area (Å²) in [7, 11) is 0. The molecule has 0 unspecified atom stereocenters. The van der Waals surface area contributed by atoms with Crippen LogP contribution in [-0.4, -0.2) is 0 Å². The number of aromatic nitrogens is 1. The monoisotopic (exact) mass is 237 g/mol. The molecule has 2 rings (SSSR count). The summed E-state index contributed by atoms with van der Waals surface area (Å²) in [5, 5.41) is 11.7. The average molecular weight is 238 g/mol. The van der Waals surface area contributed by atoms with Crippen molar-refractivity contribution in [3.8, 4) is 11.3 Å². The molecule has 0 bridgehead atoms. The summed E-state index contributed by atoms with van der Waals surface area (Å²) in [6, 6.07) is 7.84. The van der Waals surface area contributed by atoms with Crippen molar-refractivity contribution in [3.63, 3.8) is 0 Å². The number of hydrogen-bond acceptors (Lipinski definition) is 2. The number of hydrogen-bond donors (Lipinski definition) is 1. The Morgan fingerprint density at radius 1 is 1.44 bits per heavy atom. The lowest BCUT2D eigenvalue weighted by Crippen LogP contribution is -2.29. The number of nitrogens with two attached hydrogens (primary N) is 1. The molecule has 0 spiro atoms. The number of rotatable bonds is 1. The fourth-order valence-corrected chi connectivity index (χ4v) is 1.66. The van der Waals surface area contributed by atoms with E-state index in [1.165, 1.54) is 24.4 Å². The Labute approximate surface area is 96.5 Å². The number of nitrogen functional groups attached to an aromatic ring is 1. The molecule has 1 radical (unpaired) electrons. The van der Waals surface area contributed by atoms with Crippen molar-refractivity contribution in [2.45, 2.75) is 0 Å². The summed E-state index contributed by atoms with van der Waals surface area (Å²) in [6.45, 7) is 0. The van der Waals surface area contributed by atoms with E-state index in [0.29, 0.717) is 10.3 Å². The van der Waals surface area contributed by atoms with Crippen LogP contribution in [-0.2, 0) is 0 Å². The summed E-state index contributed by atoms with van der Waals surface area (Å²) in [4.78, 5) is 0. The standard InChI is InChI=1S/C11H7ClFN2O/c12-9-6-7(13)3-4-8(9)11-10(14)2-1-5-15(11)16/h1,3-6H,14H2. The number of pyridine rings is 1. The average Bonchev–Trinajstić information content (AvgIpc) is 2.20. The first-order valence-electron chi connectivity index (χ1n) is 4.44. The second-order valence-electron chi connectivity index (χ2n) is 3.17. The highest BCUT2D eigenvalue weighted by Gasteiger charge is 2.16. The van der Waals surface area contributed by atoms with Crippen molar-refractivity contribution in [1.82, 2.24) is 0 Å². The van der Waals surface area contributed by atoms with Crippen LogP contribution in [0.2, 0.25) is 5.02 Å². The van der Waals surface area contributed by atoms with Gasteiger partial charge in [0.25, 0.3) is 0 Å². The van der Waals surface area contributed by atoms with E-state index < -0.39 is 5.82 Å². The van der Waals surface area contributed by atoms with E-state index in [-0.39, 0.29) is 16.4 Å². The van der Waals surface area contributed by atoms with Crippen LogP contribution in [0.1, 0.15) is 0 Å². The predicted octanol–water partition coefficient (Wildman–Crippen LogP) is 2.16. The van der Waals surface area contributed by atoms with Gasteiger partial charge in [0.1, 0.15) is 11.5 Å². The highest BCUT2D eigenvalue weighted by Crippen LogP contribution is 2.29. The Bertz CT molecular complexity index is 525.